The second-order valence-electron chi connectivity index (χ2n) is 5.82. The Balaban J connectivity index is 0.00000109. The normalized spacial score (nSPS) is 17.8. The molecule has 0 radical (unpaired) electrons. The quantitative estimate of drug-likeness (QED) is 0.819. The van der Waals surface area contributed by atoms with Crippen LogP contribution in [0.4, 0.5) is 5.69 Å². The first-order chi connectivity index (χ1) is 12.2. The minimum absolute atomic E-state index is 0.222. The molecule has 6 nitrogen and oxygen atoms in total. The number of nitrogens with two attached hydrogens (primary N) is 1. The van der Waals surface area contributed by atoms with Crippen LogP contribution in [-0.2, 0) is 0 Å². The summed E-state index contributed by atoms with van der Waals surface area (Å²) >= 11 is 0. The highest BCUT2D eigenvalue weighted by molar-refractivity contribution is 6.18. The lowest BCUT2D eigenvalue weighted by Crippen LogP contribution is -2.19. The minimum Gasteiger partial charge on any atom is -0.371 e. The largest absolute Gasteiger partial charge is 0.371 e. The van der Waals surface area contributed by atoms with E-state index in [1.54, 1.807) is 6.20 Å². The van der Waals surface area contributed by atoms with Crippen molar-refractivity contribution in [3.8, 4) is 0 Å². The van der Waals surface area contributed by atoms with Crippen LogP contribution in [0.15, 0.2) is 40.7 Å². The van der Waals surface area contributed by atoms with Gasteiger partial charge in [-0.25, -0.2) is 4.98 Å². The predicted molar refractivity (Wildman–Crippen MR) is 108 cm³/mol. The van der Waals surface area contributed by atoms with Crippen LogP contribution in [-0.4, -0.2) is 42.2 Å². The van der Waals surface area contributed by atoms with E-state index in [1.807, 2.05) is 32.3 Å². The fourth-order valence-corrected chi connectivity index (χ4v) is 3.11. The molecule has 0 amide bonds. The number of allylic oxidation sites excluding steroid dienone is 1. The maximum Gasteiger partial charge on any atom is 0.140 e. The Morgan fingerprint density at radius 2 is 2.32 bits per heavy atom. The van der Waals surface area contributed by atoms with E-state index in [-0.39, 0.29) is 6.67 Å². The van der Waals surface area contributed by atoms with E-state index in [0.29, 0.717) is 5.92 Å². The molecule has 3 rings (SSSR count). The first kappa shape index (κ1) is 18.9. The van der Waals surface area contributed by atoms with Crippen LogP contribution in [0.5, 0.6) is 0 Å². The number of aromatic amines is 1. The van der Waals surface area contributed by atoms with E-state index in [4.69, 9.17) is 5.73 Å². The Morgan fingerprint density at radius 1 is 1.52 bits per heavy atom. The molecular weight excluding hydrogens is 312 g/mol. The number of nitrogens with one attached hydrogen (secondary N) is 1. The number of aromatic nitrogens is 2. The molecule has 25 heavy (non-hydrogen) atoms. The molecular formula is C19H28N6. The van der Waals surface area contributed by atoms with Gasteiger partial charge in [0, 0.05) is 42.9 Å². The average Bonchev–Trinajstić information content (AvgIpc) is 3.26. The van der Waals surface area contributed by atoms with Crippen molar-refractivity contribution in [3.05, 3.63) is 36.3 Å². The van der Waals surface area contributed by atoms with E-state index < -0.39 is 0 Å². The molecule has 3 heterocycles. The van der Waals surface area contributed by atoms with Crippen molar-refractivity contribution in [2.75, 3.05) is 24.7 Å². The molecule has 1 aliphatic heterocycles. The summed E-state index contributed by atoms with van der Waals surface area (Å²) in [6, 6.07) is 2.08. The van der Waals surface area contributed by atoms with Crippen molar-refractivity contribution in [1.82, 2.24) is 9.97 Å². The fraction of sp³-hybridized carbons (Fsp3) is 0.421. The highest BCUT2D eigenvalue weighted by atomic mass is 15.2. The van der Waals surface area contributed by atoms with E-state index in [1.165, 1.54) is 12.1 Å². The van der Waals surface area contributed by atoms with Gasteiger partial charge >= 0.3 is 0 Å². The number of H-pyrrole nitrogens is 1. The highest BCUT2D eigenvalue weighted by Crippen LogP contribution is 2.32. The van der Waals surface area contributed by atoms with Crippen LogP contribution in [0.1, 0.15) is 32.8 Å². The molecule has 1 unspecified atom stereocenters. The van der Waals surface area contributed by atoms with Crippen molar-refractivity contribution in [3.63, 3.8) is 0 Å². The summed E-state index contributed by atoms with van der Waals surface area (Å²) in [4.78, 5) is 18.3. The molecule has 2 aromatic rings. The number of aliphatic imine (C=N–C) groups is 2. The number of anilines is 1. The molecule has 1 fully saturated rings. The van der Waals surface area contributed by atoms with Crippen LogP contribution in [0.3, 0.4) is 0 Å². The molecule has 1 atom stereocenters. The van der Waals surface area contributed by atoms with Crippen LogP contribution in [0, 0.1) is 5.92 Å². The van der Waals surface area contributed by atoms with Crippen LogP contribution in [0.2, 0.25) is 0 Å². The smallest absolute Gasteiger partial charge is 0.140 e. The van der Waals surface area contributed by atoms with E-state index in [2.05, 4.69) is 44.6 Å². The third-order valence-corrected chi connectivity index (χ3v) is 4.19. The van der Waals surface area contributed by atoms with Gasteiger partial charge in [0.25, 0.3) is 0 Å². The molecule has 134 valence electrons. The van der Waals surface area contributed by atoms with Crippen LogP contribution >= 0.6 is 0 Å². The number of rotatable bonds is 5. The summed E-state index contributed by atoms with van der Waals surface area (Å²) in [7, 11) is 0. The molecule has 1 saturated heterocycles. The van der Waals surface area contributed by atoms with Gasteiger partial charge in [0.1, 0.15) is 5.65 Å². The number of fused-ring (bicyclic) bond motifs is 1. The molecule has 0 aromatic carbocycles. The van der Waals surface area contributed by atoms with Gasteiger partial charge in [-0.3, -0.25) is 9.98 Å². The van der Waals surface area contributed by atoms with Gasteiger partial charge in [-0.05, 0) is 31.2 Å². The lowest BCUT2D eigenvalue weighted by Gasteiger charge is -2.19. The molecule has 0 saturated carbocycles. The maximum absolute atomic E-state index is 5.63. The summed E-state index contributed by atoms with van der Waals surface area (Å²) in [5.74, 6) is 0.711. The van der Waals surface area contributed by atoms with Crippen LogP contribution < -0.4 is 10.6 Å². The zero-order chi connectivity index (χ0) is 18.2. The Kier molecular flexibility index (Phi) is 6.89. The van der Waals surface area contributed by atoms with E-state index in [9.17, 15) is 0 Å². The Hall–Kier alpha value is -2.47. The first-order valence-electron chi connectivity index (χ1n) is 8.83. The third kappa shape index (κ3) is 4.14. The highest BCUT2D eigenvalue weighted by Gasteiger charge is 2.23. The van der Waals surface area contributed by atoms with Crippen molar-refractivity contribution >= 4 is 29.1 Å². The van der Waals surface area contributed by atoms with Crippen molar-refractivity contribution < 1.29 is 0 Å². The van der Waals surface area contributed by atoms with Gasteiger partial charge < -0.3 is 15.6 Å². The van der Waals surface area contributed by atoms with Gasteiger partial charge in [0.05, 0.1) is 17.8 Å². The maximum atomic E-state index is 5.63. The Bertz CT molecular complexity index is 758. The lowest BCUT2D eigenvalue weighted by molar-refractivity contribution is 0.659. The van der Waals surface area contributed by atoms with Gasteiger partial charge in [0.15, 0.2) is 0 Å². The number of nitrogens with zero attached hydrogens (tertiary/aromatic N) is 4. The number of pyridine rings is 1. The third-order valence-electron chi connectivity index (χ3n) is 4.19. The number of hydrogen-bond acceptors (Lipinski definition) is 5. The van der Waals surface area contributed by atoms with Gasteiger partial charge in [-0.1, -0.05) is 20.8 Å². The predicted octanol–water partition coefficient (Wildman–Crippen LogP) is 3.35. The number of hydrogen-bond donors (Lipinski definition) is 2. The lowest BCUT2D eigenvalue weighted by atomic mass is 10.1. The summed E-state index contributed by atoms with van der Waals surface area (Å²) in [6.45, 7) is 12.1. The average molecular weight is 340 g/mol. The zero-order valence-corrected chi connectivity index (χ0v) is 15.4. The molecule has 6 heteroatoms. The summed E-state index contributed by atoms with van der Waals surface area (Å²) in [5, 5.41) is 1.09. The summed E-state index contributed by atoms with van der Waals surface area (Å²) < 4.78 is 0. The van der Waals surface area contributed by atoms with Crippen molar-refractivity contribution in [2.24, 2.45) is 21.6 Å². The van der Waals surface area contributed by atoms with Crippen LogP contribution in [0.25, 0.3) is 11.0 Å². The topological polar surface area (TPSA) is 82.7 Å². The van der Waals surface area contributed by atoms with Gasteiger partial charge in [0.2, 0.25) is 0 Å². The van der Waals surface area contributed by atoms with E-state index >= 15 is 0 Å². The Labute approximate surface area is 149 Å². The zero-order valence-electron chi connectivity index (χ0n) is 15.4. The second kappa shape index (κ2) is 9.13. The van der Waals surface area contributed by atoms with Gasteiger partial charge in [-0.2, -0.15) is 0 Å². The molecule has 0 spiro atoms. The first-order valence-corrected chi connectivity index (χ1v) is 8.83. The van der Waals surface area contributed by atoms with Gasteiger partial charge in [-0.15, -0.1) is 0 Å². The van der Waals surface area contributed by atoms with E-state index in [0.717, 1.165) is 35.4 Å². The minimum atomic E-state index is 0.222. The molecule has 3 N–H and O–H groups in total. The Morgan fingerprint density at radius 3 is 2.96 bits per heavy atom. The molecule has 1 aliphatic rings. The molecule has 0 bridgehead atoms. The fourth-order valence-electron chi connectivity index (χ4n) is 3.11. The summed E-state index contributed by atoms with van der Waals surface area (Å²) in [5.41, 5.74) is 9.46. The standard InChI is InChI=1S/C17H22N6.C2H6/c1-12-5-8-23(10-12)15-4-7-20-17-16(15)13(9-21-17)14(22-11-18)3-6-19-2;1-2/h3-4,6-7,9,12H,2,5,8,10-11,18H2,1H3,(H,20,21);1-2H3/b6-3-,22-14+;. The SMILES string of the molecule is C=N/C=C\C(=N/CN)c1c[nH]c2nccc(N3CCC(C)C3)c12.CC. The molecule has 0 aliphatic carbocycles. The summed E-state index contributed by atoms with van der Waals surface area (Å²) in [6.07, 6.45) is 8.45. The van der Waals surface area contributed by atoms with Crippen molar-refractivity contribution in [2.45, 2.75) is 27.2 Å². The monoisotopic (exact) mass is 340 g/mol. The van der Waals surface area contributed by atoms with Crippen molar-refractivity contribution in [1.29, 1.82) is 0 Å². The second-order valence-corrected chi connectivity index (χ2v) is 5.82. The molecule has 2 aromatic heterocycles.